The zero-order valence-electron chi connectivity index (χ0n) is 13.5. The molecular formula is C15H19ClN4O4S. The Hall–Kier alpha value is -1.81. The van der Waals surface area contributed by atoms with E-state index in [0.29, 0.717) is 6.42 Å². The molecule has 2 atom stereocenters. The van der Waals surface area contributed by atoms with Gasteiger partial charge in [0.2, 0.25) is 10.0 Å². The van der Waals surface area contributed by atoms with E-state index in [2.05, 4.69) is 15.0 Å². The summed E-state index contributed by atoms with van der Waals surface area (Å²) in [7, 11) is -3.82. The van der Waals surface area contributed by atoms with Crippen molar-refractivity contribution >= 4 is 39.0 Å². The lowest BCUT2D eigenvalue weighted by Crippen LogP contribution is -2.48. The number of non-ortho nitro benzene ring substituents is 1. The van der Waals surface area contributed by atoms with Crippen molar-refractivity contribution in [3.05, 3.63) is 40.6 Å². The molecule has 1 aromatic carbocycles. The van der Waals surface area contributed by atoms with Crippen LogP contribution >= 0.6 is 12.4 Å². The summed E-state index contributed by atoms with van der Waals surface area (Å²) in [6, 6.07) is 5.34. The normalized spacial score (nSPS) is 20.8. The Labute approximate surface area is 151 Å². The van der Waals surface area contributed by atoms with Gasteiger partial charge in [-0.3, -0.25) is 15.1 Å². The van der Waals surface area contributed by atoms with E-state index in [4.69, 9.17) is 0 Å². The van der Waals surface area contributed by atoms with Crippen molar-refractivity contribution in [3.8, 4) is 0 Å². The molecule has 0 bridgehead atoms. The number of nitrogens with one attached hydrogen (secondary N) is 2. The van der Waals surface area contributed by atoms with Crippen LogP contribution in [0.2, 0.25) is 0 Å². The molecule has 1 fully saturated rings. The quantitative estimate of drug-likeness (QED) is 0.612. The van der Waals surface area contributed by atoms with Gasteiger partial charge in [0.1, 0.15) is 4.90 Å². The van der Waals surface area contributed by atoms with Gasteiger partial charge in [0.05, 0.1) is 15.8 Å². The molecule has 2 unspecified atom stereocenters. The number of nitro groups is 1. The minimum atomic E-state index is -3.82. The fourth-order valence-electron chi connectivity index (χ4n) is 2.96. The zero-order valence-corrected chi connectivity index (χ0v) is 15.1. The third-order valence-electron chi connectivity index (χ3n) is 4.29. The maximum Gasteiger partial charge on any atom is 0.278 e. The van der Waals surface area contributed by atoms with E-state index >= 15 is 0 Å². The molecule has 1 aliphatic rings. The van der Waals surface area contributed by atoms with Crippen molar-refractivity contribution in [3.63, 3.8) is 0 Å². The molecule has 1 aromatic heterocycles. The van der Waals surface area contributed by atoms with Gasteiger partial charge in [-0.2, -0.15) is 0 Å². The first kappa shape index (κ1) is 19.5. The Morgan fingerprint density at radius 3 is 2.80 bits per heavy atom. The Balaban J connectivity index is 0.00000225. The molecule has 2 heterocycles. The number of halogens is 1. The Morgan fingerprint density at radius 2 is 2.12 bits per heavy atom. The molecule has 136 valence electrons. The molecule has 1 aliphatic heterocycles. The van der Waals surface area contributed by atoms with Crippen molar-refractivity contribution in [2.45, 2.75) is 24.3 Å². The van der Waals surface area contributed by atoms with Crippen molar-refractivity contribution in [2.75, 3.05) is 13.1 Å². The molecule has 0 saturated carbocycles. The Morgan fingerprint density at radius 1 is 1.36 bits per heavy atom. The summed E-state index contributed by atoms with van der Waals surface area (Å²) in [5.74, 6) is 0.158. The average Bonchev–Trinajstić information content (AvgIpc) is 2.55. The summed E-state index contributed by atoms with van der Waals surface area (Å²) >= 11 is 0. The Bertz CT molecular complexity index is 890. The van der Waals surface area contributed by atoms with E-state index < -0.39 is 14.9 Å². The summed E-state index contributed by atoms with van der Waals surface area (Å²) in [6.07, 6.45) is 2.12. The van der Waals surface area contributed by atoms with Crippen LogP contribution < -0.4 is 10.0 Å². The molecule has 0 amide bonds. The van der Waals surface area contributed by atoms with Gasteiger partial charge in [0.25, 0.3) is 5.69 Å². The van der Waals surface area contributed by atoms with Gasteiger partial charge < -0.3 is 5.32 Å². The smallest absolute Gasteiger partial charge is 0.278 e. The number of hydrogen-bond donors (Lipinski definition) is 2. The number of benzene rings is 1. The zero-order chi connectivity index (χ0) is 17.3. The van der Waals surface area contributed by atoms with Gasteiger partial charge in [-0.05, 0) is 43.6 Å². The lowest BCUT2D eigenvalue weighted by Gasteiger charge is -2.30. The van der Waals surface area contributed by atoms with Crippen molar-refractivity contribution in [1.29, 1.82) is 0 Å². The highest BCUT2D eigenvalue weighted by Crippen LogP contribution is 2.29. The second kappa shape index (κ2) is 7.61. The fraction of sp³-hybridized carbons (Fsp3) is 0.400. The van der Waals surface area contributed by atoms with E-state index in [0.717, 1.165) is 13.1 Å². The SMILES string of the molecule is CC1CNCCC1NS(=O)(=O)c1ccc([N+](=O)[O-])c2cccnc12.Cl. The minimum absolute atomic E-state index is 0. The third-order valence-corrected chi connectivity index (χ3v) is 5.81. The number of sulfonamides is 1. The molecule has 10 heteroatoms. The highest BCUT2D eigenvalue weighted by Gasteiger charge is 2.29. The Kier molecular flexibility index (Phi) is 5.94. The molecule has 0 spiro atoms. The van der Waals surface area contributed by atoms with Crippen molar-refractivity contribution < 1.29 is 13.3 Å². The van der Waals surface area contributed by atoms with E-state index in [-0.39, 0.29) is 45.9 Å². The van der Waals surface area contributed by atoms with E-state index in [1.54, 1.807) is 6.07 Å². The number of pyridine rings is 1. The van der Waals surface area contributed by atoms with Gasteiger partial charge in [0.15, 0.2) is 0 Å². The number of aromatic nitrogens is 1. The maximum atomic E-state index is 12.8. The number of nitrogens with zero attached hydrogens (tertiary/aromatic N) is 2. The van der Waals surface area contributed by atoms with E-state index in [1.807, 2.05) is 6.92 Å². The predicted molar refractivity (Wildman–Crippen MR) is 96.4 cm³/mol. The highest BCUT2D eigenvalue weighted by atomic mass is 35.5. The second-order valence-electron chi connectivity index (χ2n) is 5.94. The van der Waals surface area contributed by atoms with Gasteiger partial charge in [-0.1, -0.05) is 6.92 Å². The number of piperidine rings is 1. The third kappa shape index (κ3) is 3.90. The predicted octanol–water partition coefficient (Wildman–Crippen LogP) is 1.84. The lowest BCUT2D eigenvalue weighted by atomic mass is 9.97. The molecule has 1 saturated heterocycles. The van der Waals surface area contributed by atoms with Crippen molar-refractivity contribution in [1.82, 2.24) is 15.0 Å². The summed E-state index contributed by atoms with van der Waals surface area (Å²) in [5, 5.41) is 14.6. The topological polar surface area (TPSA) is 114 Å². The summed E-state index contributed by atoms with van der Waals surface area (Å²) in [4.78, 5) is 14.6. The van der Waals surface area contributed by atoms with Crippen LogP contribution in [0.1, 0.15) is 13.3 Å². The molecular weight excluding hydrogens is 368 g/mol. The largest absolute Gasteiger partial charge is 0.316 e. The van der Waals surface area contributed by atoms with Crippen molar-refractivity contribution in [2.24, 2.45) is 5.92 Å². The lowest BCUT2D eigenvalue weighted by molar-refractivity contribution is -0.383. The highest BCUT2D eigenvalue weighted by molar-refractivity contribution is 7.89. The number of rotatable bonds is 4. The van der Waals surface area contributed by atoms with E-state index in [1.165, 1.54) is 24.4 Å². The number of nitro benzene ring substituents is 1. The molecule has 0 radical (unpaired) electrons. The van der Waals surface area contributed by atoms with Crippen LogP contribution in [-0.4, -0.2) is 37.5 Å². The van der Waals surface area contributed by atoms with Gasteiger partial charge in [0, 0.05) is 18.3 Å². The van der Waals surface area contributed by atoms with Crippen LogP contribution in [0.3, 0.4) is 0 Å². The fourth-order valence-corrected chi connectivity index (χ4v) is 4.50. The molecule has 25 heavy (non-hydrogen) atoms. The number of fused-ring (bicyclic) bond motifs is 1. The van der Waals surface area contributed by atoms with Crippen LogP contribution in [0.15, 0.2) is 35.4 Å². The standard InChI is InChI=1S/C15H18N4O4S.ClH/c1-10-9-16-8-6-12(10)18-24(22,23)14-5-4-13(19(20)21)11-3-2-7-17-15(11)14;/h2-5,7,10,12,16,18H,6,8-9H2,1H3;1H. The van der Waals surface area contributed by atoms with Gasteiger partial charge >= 0.3 is 0 Å². The van der Waals surface area contributed by atoms with Crippen LogP contribution in [0.4, 0.5) is 5.69 Å². The molecule has 3 rings (SSSR count). The average molecular weight is 387 g/mol. The second-order valence-corrected chi connectivity index (χ2v) is 7.62. The first-order chi connectivity index (χ1) is 11.4. The van der Waals surface area contributed by atoms with Crippen LogP contribution in [0.5, 0.6) is 0 Å². The number of hydrogen-bond acceptors (Lipinski definition) is 6. The van der Waals surface area contributed by atoms with Gasteiger partial charge in [-0.15, -0.1) is 12.4 Å². The summed E-state index contributed by atoms with van der Waals surface area (Å²) < 4.78 is 28.3. The molecule has 2 N–H and O–H groups in total. The van der Waals surface area contributed by atoms with Crippen LogP contribution in [0.25, 0.3) is 10.9 Å². The van der Waals surface area contributed by atoms with Gasteiger partial charge in [-0.25, -0.2) is 13.1 Å². The molecule has 0 aliphatic carbocycles. The molecule has 8 nitrogen and oxygen atoms in total. The van der Waals surface area contributed by atoms with E-state index in [9.17, 15) is 18.5 Å². The first-order valence-corrected chi connectivity index (χ1v) is 9.13. The maximum absolute atomic E-state index is 12.8. The van der Waals surface area contributed by atoms with Crippen LogP contribution in [-0.2, 0) is 10.0 Å². The minimum Gasteiger partial charge on any atom is -0.316 e. The molecule has 2 aromatic rings. The summed E-state index contributed by atoms with van der Waals surface area (Å²) in [5.41, 5.74) is -0.0481. The monoisotopic (exact) mass is 386 g/mol. The summed E-state index contributed by atoms with van der Waals surface area (Å²) in [6.45, 7) is 3.47. The van der Waals surface area contributed by atoms with Crippen LogP contribution in [0, 0.1) is 16.0 Å². The first-order valence-electron chi connectivity index (χ1n) is 7.65.